The molecule has 0 saturated carbocycles. The van der Waals surface area contributed by atoms with Crippen molar-refractivity contribution in [1.82, 2.24) is 4.98 Å². The molecule has 0 fully saturated rings. The van der Waals surface area contributed by atoms with Gasteiger partial charge in [0.2, 0.25) is 12.7 Å². The molecule has 2 aromatic rings. The molecule has 0 aliphatic carbocycles. The number of benzene rings is 1. The molecule has 3 rings (SSSR count). The van der Waals surface area contributed by atoms with E-state index in [-0.39, 0.29) is 12.8 Å². The van der Waals surface area contributed by atoms with E-state index in [1.807, 2.05) is 30.3 Å². The van der Waals surface area contributed by atoms with Gasteiger partial charge in [-0.1, -0.05) is 6.07 Å². The van der Waals surface area contributed by atoms with Gasteiger partial charge in [-0.15, -0.1) is 0 Å². The number of aromatic nitrogens is 1. The van der Waals surface area contributed by atoms with Gasteiger partial charge in [0.25, 0.3) is 0 Å². The third-order valence-electron chi connectivity index (χ3n) is 3.23. The minimum atomic E-state index is 0.0996. The SMILES string of the molecule is COc1ncccc1NC(C)c1ccc2c(c1)OCO2. The fourth-order valence-corrected chi connectivity index (χ4v) is 2.16. The van der Waals surface area contributed by atoms with E-state index >= 15 is 0 Å². The lowest BCUT2D eigenvalue weighted by Crippen LogP contribution is -2.08. The first-order valence-corrected chi connectivity index (χ1v) is 6.43. The van der Waals surface area contributed by atoms with Crippen LogP contribution in [-0.4, -0.2) is 18.9 Å². The number of hydrogen-bond donors (Lipinski definition) is 1. The highest BCUT2D eigenvalue weighted by Crippen LogP contribution is 2.35. The van der Waals surface area contributed by atoms with E-state index in [2.05, 4.69) is 17.2 Å². The molecular weight excluding hydrogens is 256 g/mol. The smallest absolute Gasteiger partial charge is 0.237 e. The van der Waals surface area contributed by atoms with Gasteiger partial charge in [-0.3, -0.25) is 0 Å². The Labute approximate surface area is 117 Å². The Balaban J connectivity index is 1.81. The molecule has 1 atom stereocenters. The van der Waals surface area contributed by atoms with Crippen LogP contribution >= 0.6 is 0 Å². The van der Waals surface area contributed by atoms with E-state index in [0.29, 0.717) is 5.88 Å². The van der Waals surface area contributed by atoms with E-state index in [9.17, 15) is 0 Å². The Bertz CT molecular complexity index is 616. The molecule has 0 amide bonds. The maximum absolute atomic E-state index is 5.40. The highest BCUT2D eigenvalue weighted by Gasteiger charge is 2.16. The Hall–Kier alpha value is -2.43. The summed E-state index contributed by atoms with van der Waals surface area (Å²) in [5.41, 5.74) is 1.97. The zero-order chi connectivity index (χ0) is 13.9. The first kappa shape index (κ1) is 12.6. The molecule has 2 heterocycles. The molecule has 0 saturated heterocycles. The maximum atomic E-state index is 5.40. The van der Waals surface area contributed by atoms with Crippen LogP contribution in [0.1, 0.15) is 18.5 Å². The number of fused-ring (bicyclic) bond motifs is 1. The van der Waals surface area contributed by atoms with Crippen molar-refractivity contribution in [3.8, 4) is 17.4 Å². The molecule has 0 bridgehead atoms. The molecule has 20 heavy (non-hydrogen) atoms. The number of anilines is 1. The van der Waals surface area contributed by atoms with E-state index in [0.717, 1.165) is 22.7 Å². The van der Waals surface area contributed by atoms with Crippen molar-refractivity contribution in [2.24, 2.45) is 0 Å². The number of methoxy groups -OCH3 is 1. The minimum Gasteiger partial charge on any atom is -0.480 e. The van der Waals surface area contributed by atoms with Gasteiger partial charge in [0.15, 0.2) is 11.5 Å². The highest BCUT2D eigenvalue weighted by molar-refractivity contribution is 5.54. The van der Waals surface area contributed by atoms with Gasteiger partial charge in [0, 0.05) is 12.2 Å². The van der Waals surface area contributed by atoms with Gasteiger partial charge in [0.05, 0.1) is 12.8 Å². The van der Waals surface area contributed by atoms with Gasteiger partial charge in [-0.25, -0.2) is 4.98 Å². The molecule has 1 aliphatic rings. The topological polar surface area (TPSA) is 52.6 Å². The summed E-state index contributed by atoms with van der Waals surface area (Å²) in [6.45, 7) is 2.36. The predicted octanol–water partition coefficient (Wildman–Crippen LogP) is 2.99. The summed E-state index contributed by atoms with van der Waals surface area (Å²) in [5, 5.41) is 3.38. The average Bonchev–Trinajstić information content (AvgIpc) is 2.95. The number of nitrogens with zero attached hydrogens (tertiary/aromatic N) is 1. The lowest BCUT2D eigenvalue weighted by Gasteiger charge is -2.17. The van der Waals surface area contributed by atoms with Crippen LogP contribution in [0.5, 0.6) is 17.4 Å². The first-order valence-electron chi connectivity index (χ1n) is 6.43. The second-order valence-corrected chi connectivity index (χ2v) is 4.54. The largest absolute Gasteiger partial charge is 0.480 e. The van der Waals surface area contributed by atoms with Crippen molar-refractivity contribution in [1.29, 1.82) is 0 Å². The van der Waals surface area contributed by atoms with Crippen LogP contribution in [0.4, 0.5) is 5.69 Å². The molecule has 1 N–H and O–H groups in total. The third-order valence-corrected chi connectivity index (χ3v) is 3.23. The summed E-state index contributed by atoms with van der Waals surface area (Å²) in [6, 6.07) is 9.85. The number of pyridine rings is 1. The van der Waals surface area contributed by atoms with Crippen LogP contribution in [0.25, 0.3) is 0 Å². The van der Waals surface area contributed by atoms with Crippen LogP contribution in [0.2, 0.25) is 0 Å². The molecular formula is C15H16N2O3. The molecule has 5 nitrogen and oxygen atoms in total. The van der Waals surface area contributed by atoms with Crippen molar-refractivity contribution >= 4 is 5.69 Å². The van der Waals surface area contributed by atoms with Crippen LogP contribution in [0, 0.1) is 0 Å². The third kappa shape index (κ3) is 2.34. The van der Waals surface area contributed by atoms with Crippen molar-refractivity contribution in [2.45, 2.75) is 13.0 Å². The minimum absolute atomic E-state index is 0.0996. The molecule has 104 valence electrons. The monoisotopic (exact) mass is 272 g/mol. The summed E-state index contributed by atoms with van der Waals surface area (Å²) in [7, 11) is 1.61. The molecule has 5 heteroatoms. The Kier molecular flexibility index (Phi) is 3.33. The van der Waals surface area contributed by atoms with Gasteiger partial charge in [-0.2, -0.15) is 0 Å². The normalized spacial score (nSPS) is 13.9. The zero-order valence-corrected chi connectivity index (χ0v) is 11.4. The van der Waals surface area contributed by atoms with Crippen molar-refractivity contribution in [2.75, 3.05) is 19.2 Å². The van der Waals surface area contributed by atoms with Crippen LogP contribution in [-0.2, 0) is 0 Å². The Morgan fingerprint density at radius 3 is 2.95 bits per heavy atom. The second-order valence-electron chi connectivity index (χ2n) is 4.54. The second kappa shape index (κ2) is 5.28. The first-order chi connectivity index (χ1) is 9.78. The van der Waals surface area contributed by atoms with E-state index in [4.69, 9.17) is 14.2 Å². The van der Waals surface area contributed by atoms with Crippen molar-refractivity contribution in [3.63, 3.8) is 0 Å². The molecule has 1 aliphatic heterocycles. The summed E-state index contributed by atoms with van der Waals surface area (Å²) < 4.78 is 16.0. The summed E-state index contributed by atoms with van der Waals surface area (Å²) >= 11 is 0. The number of nitrogens with one attached hydrogen (secondary N) is 1. The molecule has 0 spiro atoms. The molecule has 1 aromatic carbocycles. The quantitative estimate of drug-likeness (QED) is 0.927. The van der Waals surface area contributed by atoms with Crippen molar-refractivity contribution < 1.29 is 14.2 Å². The lowest BCUT2D eigenvalue weighted by molar-refractivity contribution is 0.174. The average molecular weight is 272 g/mol. The Morgan fingerprint density at radius 2 is 2.10 bits per heavy atom. The fraction of sp³-hybridized carbons (Fsp3) is 0.267. The Morgan fingerprint density at radius 1 is 1.25 bits per heavy atom. The van der Waals surface area contributed by atoms with Gasteiger partial charge in [0.1, 0.15) is 0 Å². The van der Waals surface area contributed by atoms with Crippen LogP contribution in [0.15, 0.2) is 36.5 Å². The lowest BCUT2D eigenvalue weighted by atomic mass is 10.1. The molecule has 1 unspecified atom stereocenters. The standard InChI is InChI=1S/C15H16N2O3/c1-10(17-12-4-3-7-16-15(12)18-2)11-5-6-13-14(8-11)20-9-19-13/h3-8,10,17H,9H2,1-2H3. The van der Waals surface area contributed by atoms with E-state index < -0.39 is 0 Å². The molecule has 0 radical (unpaired) electrons. The van der Waals surface area contributed by atoms with Crippen molar-refractivity contribution in [3.05, 3.63) is 42.1 Å². The summed E-state index contributed by atoms with van der Waals surface area (Å²) in [5.74, 6) is 2.16. The predicted molar refractivity (Wildman–Crippen MR) is 75.4 cm³/mol. The zero-order valence-electron chi connectivity index (χ0n) is 11.4. The summed E-state index contributed by atoms with van der Waals surface area (Å²) in [4.78, 5) is 4.17. The van der Waals surface area contributed by atoms with Gasteiger partial charge < -0.3 is 19.5 Å². The number of hydrogen-bond acceptors (Lipinski definition) is 5. The fourth-order valence-electron chi connectivity index (χ4n) is 2.16. The van der Waals surface area contributed by atoms with E-state index in [1.54, 1.807) is 13.3 Å². The summed E-state index contributed by atoms with van der Waals surface area (Å²) in [6.07, 6.45) is 1.70. The number of rotatable bonds is 4. The van der Waals surface area contributed by atoms with E-state index in [1.165, 1.54) is 0 Å². The molecule has 1 aromatic heterocycles. The highest BCUT2D eigenvalue weighted by atomic mass is 16.7. The maximum Gasteiger partial charge on any atom is 0.237 e. The van der Waals surface area contributed by atoms with Crippen LogP contribution in [0.3, 0.4) is 0 Å². The van der Waals surface area contributed by atoms with Gasteiger partial charge in [-0.05, 0) is 36.8 Å². The van der Waals surface area contributed by atoms with Gasteiger partial charge >= 0.3 is 0 Å². The number of ether oxygens (including phenoxy) is 3. The van der Waals surface area contributed by atoms with Crippen LogP contribution < -0.4 is 19.5 Å².